The highest BCUT2D eigenvalue weighted by atomic mass is 32.1. The summed E-state index contributed by atoms with van der Waals surface area (Å²) in [6.45, 7) is 3.26. The van der Waals surface area contributed by atoms with Crippen LogP contribution in [0, 0.1) is 0 Å². The Morgan fingerprint density at radius 1 is 1.26 bits per heavy atom. The average molecular weight is 328 g/mol. The van der Waals surface area contributed by atoms with Crippen LogP contribution in [0.1, 0.15) is 23.0 Å². The summed E-state index contributed by atoms with van der Waals surface area (Å²) in [6.07, 6.45) is 0.803. The highest BCUT2D eigenvalue weighted by Gasteiger charge is 2.13. The summed E-state index contributed by atoms with van der Waals surface area (Å²) in [5.41, 5.74) is 2.99. The van der Waals surface area contributed by atoms with Gasteiger partial charge in [-0.15, -0.1) is 11.3 Å². The van der Waals surface area contributed by atoms with Crippen LogP contribution < -0.4 is 10.1 Å². The van der Waals surface area contributed by atoms with Gasteiger partial charge in [-0.3, -0.25) is 4.79 Å². The first-order valence-electron chi connectivity index (χ1n) is 7.72. The second kappa shape index (κ2) is 6.87. The van der Waals surface area contributed by atoms with Crippen molar-refractivity contribution in [2.75, 3.05) is 13.2 Å². The standard InChI is InChI=1S/C18H20N2O2S/c1-3-22-14-6-4-13(5-7-14)8-10-19-18(21)16-12-17-15(20(16)2)9-11-23-17/h4-7,9,11-12H,3,8,10H2,1-2H3,(H,19,21). The Balaban J connectivity index is 1.56. The fourth-order valence-corrected chi connectivity index (χ4v) is 3.45. The van der Waals surface area contributed by atoms with Crippen LogP contribution in [0.15, 0.2) is 41.8 Å². The molecule has 0 aliphatic heterocycles. The molecule has 4 nitrogen and oxygen atoms in total. The zero-order valence-electron chi connectivity index (χ0n) is 13.3. The predicted octanol–water partition coefficient (Wildman–Crippen LogP) is 3.61. The first-order chi connectivity index (χ1) is 11.2. The van der Waals surface area contributed by atoms with Gasteiger partial charge in [-0.05, 0) is 48.6 Å². The third-order valence-corrected chi connectivity index (χ3v) is 4.68. The molecule has 120 valence electrons. The second-order valence-corrected chi connectivity index (χ2v) is 6.29. The third-order valence-electron chi connectivity index (χ3n) is 3.83. The van der Waals surface area contributed by atoms with E-state index in [9.17, 15) is 4.79 Å². The van der Waals surface area contributed by atoms with Gasteiger partial charge in [-0.25, -0.2) is 0 Å². The van der Waals surface area contributed by atoms with Gasteiger partial charge in [0, 0.05) is 13.6 Å². The Labute approximate surface area is 139 Å². The van der Waals surface area contributed by atoms with E-state index >= 15 is 0 Å². The summed E-state index contributed by atoms with van der Waals surface area (Å²) >= 11 is 1.65. The molecular formula is C18H20N2O2S. The molecule has 0 unspecified atom stereocenters. The van der Waals surface area contributed by atoms with Crippen LogP contribution in [-0.4, -0.2) is 23.6 Å². The first-order valence-corrected chi connectivity index (χ1v) is 8.60. The number of hydrogen-bond donors (Lipinski definition) is 1. The Morgan fingerprint density at radius 2 is 2.04 bits per heavy atom. The highest BCUT2D eigenvalue weighted by molar-refractivity contribution is 7.17. The number of thiophene rings is 1. The monoisotopic (exact) mass is 328 g/mol. The fourth-order valence-electron chi connectivity index (χ4n) is 2.60. The Morgan fingerprint density at radius 3 is 2.74 bits per heavy atom. The van der Waals surface area contributed by atoms with E-state index in [0.717, 1.165) is 22.4 Å². The molecular weight excluding hydrogens is 308 g/mol. The molecule has 3 rings (SSSR count). The topological polar surface area (TPSA) is 43.3 Å². The number of aromatic nitrogens is 1. The number of aryl methyl sites for hydroxylation is 1. The summed E-state index contributed by atoms with van der Waals surface area (Å²) < 4.78 is 8.51. The number of carbonyl (C=O) groups is 1. The normalized spacial score (nSPS) is 10.9. The van der Waals surface area contributed by atoms with E-state index in [1.165, 1.54) is 5.56 Å². The largest absolute Gasteiger partial charge is 0.494 e. The minimum Gasteiger partial charge on any atom is -0.494 e. The van der Waals surface area contributed by atoms with Gasteiger partial charge in [0.1, 0.15) is 11.4 Å². The van der Waals surface area contributed by atoms with Crippen LogP contribution >= 0.6 is 11.3 Å². The summed E-state index contributed by atoms with van der Waals surface area (Å²) in [5, 5.41) is 5.03. The van der Waals surface area contributed by atoms with Gasteiger partial charge in [0.2, 0.25) is 0 Å². The van der Waals surface area contributed by atoms with Gasteiger partial charge in [-0.2, -0.15) is 0 Å². The first kappa shape index (κ1) is 15.6. The van der Waals surface area contributed by atoms with E-state index < -0.39 is 0 Å². The van der Waals surface area contributed by atoms with Crippen molar-refractivity contribution < 1.29 is 9.53 Å². The molecule has 0 atom stereocenters. The van der Waals surface area contributed by atoms with Gasteiger partial charge in [0.15, 0.2) is 0 Å². The Bertz CT molecular complexity index is 802. The van der Waals surface area contributed by atoms with Crippen molar-refractivity contribution in [1.29, 1.82) is 0 Å². The summed E-state index contributed by atoms with van der Waals surface area (Å²) in [4.78, 5) is 12.3. The van der Waals surface area contributed by atoms with Gasteiger partial charge in [0.25, 0.3) is 5.91 Å². The lowest BCUT2D eigenvalue weighted by molar-refractivity contribution is 0.0946. The zero-order chi connectivity index (χ0) is 16.2. The molecule has 5 heteroatoms. The minimum atomic E-state index is -0.0261. The lowest BCUT2D eigenvalue weighted by Crippen LogP contribution is -2.27. The van der Waals surface area contributed by atoms with Gasteiger partial charge in [0.05, 0.1) is 16.8 Å². The summed E-state index contributed by atoms with van der Waals surface area (Å²) in [5.74, 6) is 0.853. The molecule has 0 bridgehead atoms. The van der Waals surface area contributed by atoms with E-state index in [4.69, 9.17) is 4.74 Å². The Kier molecular flexibility index (Phi) is 4.67. The molecule has 0 spiro atoms. The van der Waals surface area contributed by atoms with E-state index in [1.807, 2.05) is 60.3 Å². The van der Waals surface area contributed by atoms with E-state index in [2.05, 4.69) is 5.32 Å². The molecule has 0 radical (unpaired) electrons. The van der Waals surface area contributed by atoms with E-state index in [-0.39, 0.29) is 5.91 Å². The quantitative estimate of drug-likeness (QED) is 0.751. The highest BCUT2D eigenvalue weighted by Crippen LogP contribution is 2.24. The van der Waals surface area contributed by atoms with Crippen molar-refractivity contribution in [2.45, 2.75) is 13.3 Å². The maximum Gasteiger partial charge on any atom is 0.267 e. The van der Waals surface area contributed by atoms with Crippen molar-refractivity contribution in [2.24, 2.45) is 7.05 Å². The SMILES string of the molecule is CCOc1ccc(CCNC(=O)c2cc3sccc3n2C)cc1. The van der Waals surface area contributed by atoms with Crippen molar-refractivity contribution in [3.8, 4) is 5.75 Å². The number of hydrogen-bond acceptors (Lipinski definition) is 3. The molecule has 2 heterocycles. The van der Waals surface area contributed by atoms with Gasteiger partial charge < -0.3 is 14.6 Å². The molecule has 0 aliphatic rings. The van der Waals surface area contributed by atoms with Crippen LogP contribution in [0.2, 0.25) is 0 Å². The van der Waals surface area contributed by atoms with E-state index in [0.29, 0.717) is 18.8 Å². The van der Waals surface area contributed by atoms with Crippen LogP contribution in [0.4, 0.5) is 0 Å². The molecule has 1 N–H and O–H groups in total. The van der Waals surface area contributed by atoms with E-state index in [1.54, 1.807) is 11.3 Å². The summed E-state index contributed by atoms with van der Waals surface area (Å²) in [6, 6.07) is 12.0. The number of rotatable bonds is 6. The molecule has 23 heavy (non-hydrogen) atoms. The molecule has 1 aromatic carbocycles. The molecule has 1 amide bonds. The number of ether oxygens (including phenoxy) is 1. The molecule has 0 aliphatic carbocycles. The lowest BCUT2D eigenvalue weighted by Gasteiger charge is -2.07. The van der Waals surface area contributed by atoms with Crippen LogP contribution in [0.5, 0.6) is 5.75 Å². The molecule has 2 aromatic heterocycles. The number of nitrogens with one attached hydrogen (secondary N) is 1. The molecule has 3 aromatic rings. The fraction of sp³-hybridized carbons (Fsp3) is 0.278. The van der Waals surface area contributed by atoms with Crippen molar-refractivity contribution >= 4 is 27.5 Å². The average Bonchev–Trinajstić information content (AvgIpc) is 3.13. The number of carbonyl (C=O) groups excluding carboxylic acids is 1. The van der Waals surface area contributed by atoms with Crippen molar-refractivity contribution in [1.82, 2.24) is 9.88 Å². The Hall–Kier alpha value is -2.27. The van der Waals surface area contributed by atoms with Crippen LogP contribution in [0.25, 0.3) is 10.2 Å². The maximum absolute atomic E-state index is 12.3. The molecule has 0 saturated heterocycles. The predicted molar refractivity (Wildman–Crippen MR) is 94.4 cm³/mol. The van der Waals surface area contributed by atoms with Gasteiger partial charge >= 0.3 is 0 Å². The van der Waals surface area contributed by atoms with Crippen LogP contribution in [-0.2, 0) is 13.5 Å². The number of fused-ring (bicyclic) bond motifs is 1. The summed E-state index contributed by atoms with van der Waals surface area (Å²) in [7, 11) is 1.93. The number of nitrogens with zero attached hydrogens (tertiary/aromatic N) is 1. The number of benzene rings is 1. The zero-order valence-corrected chi connectivity index (χ0v) is 14.2. The lowest BCUT2D eigenvalue weighted by atomic mass is 10.1. The van der Waals surface area contributed by atoms with Crippen molar-refractivity contribution in [3.63, 3.8) is 0 Å². The van der Waals surface area contributed by atoms with Crippen LogP contribution in [0.3, 0.4) is 0 Å². The number of amides is 1. The molecule has 0 saturated carbocycles. The third kappa shape index (κ3) is 3.40. The molecule has 0 fully saturated rings. The minimum absolute atomic E-state index is 0.0261. The second-order valence-electron chi connectivity index (χ2n) is 5.34. The maximum atomic E-state index is 12.3. The van der Waals surface area contributed by atoms with Crippen molar-refractivity contribution in [3.05, 3.63) is 53.0 Å². The van der Waals surface area contributed by atoms with Gasteiger partial charge in [-0.1, -0.05) is 12.1 Å². The smallest absolute Gasteiger partial charge is 0.267 e.